The minimum Gasteiger partial charge on any atom is -0.333 e. The van der Waals surface area contributed by atoms with Crippen LogP contribution in [0.2, 0.25) is 0 Å². The Kier molecular flexibility index (Phi) is 6.28. The molecule has 2 fully saturated rings. The molecule has 1 saturated heterocycles. The fraction of sp³-hybridized carbons (Fsp3) is 0.579. The van der Waals surface area contributed by atoms with Crippen molar-refractivity contribution in [3.63, 3.8) is 0 Å². The number of carbonyl (C=O) groups is 1. The van der Waals surface area contributed by atoms with Crippen LogP contribution in [0.3, 0.4) is 0 Å². The number of hydrogen-bond acceptors (Lipinski definition) is 4. The second kappa shape index (κ2) is 8.32. The van der Waals surface area contributed by atoms with Crippen LogP contribution in [0.15, 0.2) is 24.3 Å². The molecule has 1 aliphatic carbocycles. The maximum absolute atomic E-state index is 13.2. The molecular formula is C19H26FN3O2S2. The van der Waals surface area contributed by atoms with E-state index in [-0.39, 0.29) is 11.9 Å². The van der Waals surface area contributed by atoms with Gasteiger partial charge >= 0.3 is 6.03 Å². The summed E-state index contributed by atoms with van der Waals surface area (Å²) in [5.41, 5.74) is 0.864. The highest BCUT2D eigenvalue weighted by atomic mass is 32.2. The van der Waals surface area contributed by atoms with Crippen LogP contribution in [-0.4, -0.2) is 42.5 Å². The van der Waals surface area contributed by atoms with Crippen LogP contribution in [0.5, 0.6) is 0 Å². The van der Waals surface area contributed by atoms with Gasteiger partial charge in [-0.05, 0) is 44.4 Å². The van der Waals surface area contributed by atoms with Gasteiger partial charge in [-0.1, -0.05) is 55.4 Å². The van der Waals surface area contributed by atoms with E-state index >= 15 is 0 Å². The molecule has 27 heavy (non-hydrogen) atoms. The average Bonchev–Trinajstić information content (AvgIpc) is 2.85. The second-order valence-corrected chi connectivity index (χ2v) is 10.0. The molecule has 1 saturated carbocycles. The number of thioether (sulfide) groups is 1. The summed E-state index contributed by atoms with van der Waals surface area (Å²) in [6.07, 6.45) is 4.68. The van der Waals surface area contributed by atoms with Gasteiger partial charge in [-0.25, -0.2) is 9.18 Å². The Hall–Kier alpha value is -1.38. The molecule has 1 atom stereocenters. The maximum Gasteiger partial charge on any atom is 0.343 e. The molecule has 0 spiro atoms. The largest absolute Gasteiger partial charge is 0.343 e. The zero-order valence-electron chi connectivity index (χ0n) is 15.7. The molecule has 3 rings (SSSR count). The quantitative estimate of drug-likeness (QED) is 0.434. The Morgan fingerprint density at radius 3 is 2.59 bits per heavy atom. The van der Waals surface area contributed by atoms with Gasteiger partial charge < -0.3 is 10.2 Å². The first-order valence-electron chi connectivity index (χ1n) is 9.30. The molecule has 2 aliphatic rings. The second-order valence-electron chi connectivity index (χ2n) is 7.73. The van der Waals surface area contributed by atoms with Crippen molar-refractivity contribution in [3.05, 3.63) is 35.6 Å². The third-order valence-electron chi connectivity index (χ3n) is 5.14. The van der Waals surface area contributed by atoms with Crippen LogP contribution in [0, 0.1) is 5.82 Å². The number of thiocarbonyl (C=S) groups is 1. The Morgan fingerprint density at radius 2 is 1.96 bits per heavy atom. The summed E-state index contributed by atoms with van der Waals surface area (Å²) in [4.78, 5) is 14.5. The van der Waals surface area contributed by atoms with Gasteiger partial charge in [-0.3, -0.25) is 5.21 Å². The number of rotatable bonds is 4. The molecule has 0 bridgehead atoms. The Morgan fingerprint density at radius 1 is 1.33 bits per heavy atom. The van der Waals surface area contributed by atoms with Gasteiger partial charge in [0.05, 0.1) is 4.75 Å². The van der Waals surface area contributed by atoms with Crippen molar-refractivity contribution in [2.24, 2.45) is 0 Å². The van der Waals surface area contributed by atoms with Crippen LogP contribution < -0.4 is 5.32 Å². The van der Waals surface area contributed by atoms with E-state index in [1.54, 1.807) is 12.1 Å². The van der Waals surface area contributed by atoms with E-state index in [2.05, 4.69) is 5.32 Å². The van der Waals surface area contributed by atoms with Gasteiger partial charge in [-0.2, -0.15) is 5.06 Å². The highest BCUT2D eigenvalue weighted by Gasteiger charge is 2.49. The van der Waals surface area contributed by atoms with Crippen molar-refractivity contribution in [1.82, 2.24) is 15.3 Å². The lowest BCUT2D eigenvalue weighted by atomic mass is 9.96. The summed E-state index contributed by atoms with van der Waals surface area (Å²) in [6, 6.07) is 5.79. The lowest BCUT2D eigenvalue weighted by Crippen LogP contribution is -2.57. The molecule has 1 heterocycles. The summed E-state index contributed by atoms with van der Waals surface area (Å²) in [5.74, 6) is -0.301. The van der Waals surface area contributed by atoms with Gasteiger partial charge in [0.15, 0.2) is 0 Å². The van der Waals surface area contributed by atoms with Crippen molar-refractivity contribution >= 4 is 34.3 Å². The van der Waals surface area contributed by atoms with Gasteiger partial charge in [0.2, 0.25) is 0 Å². The van der Waals surface area contributed by atoms with Gasteiger partial charge in [-0.15, -0.1) is 0 Å². The molecule has 148 valence electrons. The predicted molar refractivity (Wildman–Crippen MR) is 109 cm³/mol. The average molecular weight is 412 g/mol. The summed E-state index contributed by atoms with van der Waals surface area (Å²) in [5, 5.41) is 14.5. The van der Waals surface area contributed by atoms with E-state index in [1.807, 2.05) is 18.7 Å². The minimum absolute atomic E-state index is 0.107. The van der Waals surface area contributed by atoms with E-state index < -0.39 is 16.9 Å². The summed E-state index contributed by atoms with van der Waals surface area (Å²) in [7, 11) is 0. The first kappa shape index (κ1) is 20.4. The van der Waals surface area contributed by atoms with Crippen molar-refractivity contribution in [3.8, 4) is 0 Å². The first-order valence-corrected chi connectivity index (χ1v) is 10.5. The topological polar surface area (TPSA) is 55.8 Å². The van der Waals surface area contributed by atoms with E-state index in [0.29, 0.717) is 10.9 Å². The fourth-order valence-electron chi connectivity index (χ4n) is 3.77. The molecule has 1 aliphatic heterocycles. The van der Waals surface area contributed by atoms with Crippen LogP contribution >= 0.6 is 24.0 Å². The Bertz CT molecular complexity index is 693. The van der Waals surface area contributed by atoms with Gasteiger partial charge in [0, 0.05) is 12.6 Å². The molecule has 0 radical (unpaired) electrons. The Balaban J connectivity index is 1.74. The number of benzene rings is 1. The zero-order valence-corrected chi connectivity index (χ0v) is 17.3. The van der Waals surface area contributed by atoms with E-state index in [1.165, 1.54) is 30.3 Å². The van der Waals surface area contributed by atoms with Crippen molar-refractivity contribution in [2.75, 3.05) is 0 Å². The summed E-state index contributed by atoms with van der Waals surface area (Å²) in [6.45, 7) is 4.31. The van der Waals surface area contributed by atoms with Gasteiger partial charge in [0.25, 0.3) is 0 Å². The molecule has 1 unspecified atom stereocenters. The number of amides is 2. The minimum atomic E-state index is -0.608. The number of carbonyl (C=O) groups excluding carboxylic acids is 1. The van der Waals surface area contributed by atoms with Crippen LogP contribution in [-0.2, 0) is 6.54 Å². The molecule has 2 amide bonds. The highest BCUT2D eigenvalue weighted by Crippen LogP contribution is 2.43. The van der Waals surface area contributed by atoms with Crippen molar-refractivity contribution in [1.29, 1.82) is 0 Å². The van der Waals surface area contributed by atoms with E-state index in [4.69, 9.17) is 12.2 Å². The SMILES string of the molecule is CC1(C)SC(=S)N(Cc2ccc(F)cc2)C1N(O)C(=O)NC1CCCCC1. The predicted octanol–water partition coefficient (Wildman–Crippen LogP) is 4.50. The number of halogens is 1. The highest BCUT2D eigenvalue weighted by molar-refractivity contribution is 8.24. The van der Waals surface area contributed by atoms with Gasteiger partial charge in [0.1, 0.15) is 16.3 Å². The van der Waals surface area contributed by atoms with Crippen LogP contribution in [0.25, 0.3) is 0 Å². The number of hydrogen-bond donors (Lipinski definition) is 2. The van der Waals surface area contributed by atoms with Crippen LogP contribution in [0.4, 0.5) is 9.18 Å². The molecule has 0 aromatic heterocycles. The summed E-state index contributed by atoms with van der Waals surface area (Å²) >= 11 is 6.96. The molecular weight excluding hydrogens is 385 g/mol. The van der Waals surface area contributed by atoms with E-state index in [0.717, 1.165) is 36.3 Å². The number of nitrogens with zero attached hydrogens (tertiary/aromatic N) is 2. The molecule has 8 heteroatoms. The zero-order chi connectivity index (χ0) is 19.6. The molecule has 1 aromatic rings. The smallest absolute Gasteiger partial charge is 0.333 e. The monoisotopic (exact) mass is 411 g/mol. The standard InChI is InChI=1S/C19H26FN3O2S2/c1-19(2)16(23(25)17(24)21-15-6-4-3-5-7-15)22(18(26)27-19)12-13-8-10-14(20)11-9-13/h8-11,15-16,25H,3-7,12H2,1-2H3,(H,21,24). The Labute approximate surface area is 169 Å². The lowest BCUT2D eigenvalue weighted by Gasteiger charge is -2.37. The number of urea groups is 1. The van der Waals surface area contributed by atoms with Crippen molar-refractivity contribution < 1.29 is 14.4 Å². The molecule has 5 nitrogen and oxygen atoms in total. The first-order chi connectivity index (χ1) is 12.8. The fourth-order valence-corrected chi connectivity index (χ4v) is 5.65. The van der Waals surface area contributed by atoms with Crippen molar-refractivity contribution in [2.45, 2.75) is 69.5 Å². The molecule has 2 N–H and O–H groups in total. The maximum atomic E-state index is 13.2. The lowest BCUT2D eigenvalue weighted by molar-refractivity contribution is -0.120. The number of hydroxylamine groups is 2. The molecule has 1 aromatic carbocycles. The van der Waals surface area contributed by atoms with E-state index in [9.17, 15) is 14.4 Å². The van der Waals surface area contributed by atoms with Crippen LogP contribution in [0.1, 0.15) is 51.5 Å². The summed E-state index contributed by atoms with van der Waals surface area (Å²) < 4.78 is 13.3. The normalized spacial score (nSPS) is 22.7. The third kappa shape index (κ3) is 4.73. The third-order valence-corrected chi connectivity index (χ3v) is 6.77. The number of nitrogens with one attached hydrogen (secondary N) is 1.